The maximum Gasteiger partial charge on any atom is -0.0353 e. The summed E-state index contributed by atoms with van der Waals surface area (Å²) < 4.78 is 0. The first-order valence-electron chi connectivity index (χ1n) is 10.8. The number of rotatable bonds is 14. The van der Waals surface area contributed by atoms with Gasteiger partial charge in [0.1, 0.15) is 0 Å². The molecule has 0 atom stereocenters. The fourth-order valence-corrected chi connectivity index (χ4v) is 5.56. The van der Waals surface area contributed by atoms with Crippen LogP contribution in [0.4, 0.5) is 0 Å². The van der Waals surface area contributed by atoms with E-state index in [9.17, 15) is 0 Å². The second-order valence-electron chi connectivity index (χ2n) is 7.06. The van der Waals surface area contributed by atoms with E-state index in [-0.39, 0.29) is 0 Å². The predicted octanol–water partition coefficient (Wildman–Crippen LogP) is 8.50. The van der Waals surface area contributed by atoms with Crippen LogP contribution < -0.4 is 0 Å². The van der Waals surface area contributed by atoms with Gasteiger partial charge in [-0.25, -0.2) is 0 Å². The van der Waals surface area contributed by atoms with Crippen LogP contribution in [0.1, 0.15) is 78.1 Å². The van der Waals surface area contributed by atoms with Crippen molar-refractivity contribution >= 4 is 8.58 Å². The molecule has 0 saturated carbocycles. The molecule has 0 amide bonds. The van der Waals surface area contributed by atoms with Gasteiger partial charge >= 0.3 is 73.0 Å². The van der Waals surface area contributed by atoms with Crippen molar-refractivity contribution < 1.29 is 14.7 Å². The zero-order valence-corrected chi connectivity index (χ0v) is 19.1. The molecule has 2 aliphatic rings. The summed E-state index contributed by atoms with van der Waals surface area (Å²) >= 11 is 1.51. The van der Waals surface area contributed by atoms with Crippen LogP contribution in [0.15, 0.2) is 48.6 Å². The van der Waals surface area contributed by atoms with E-state index in [1.807, 2.05) is 0 Å². The van der Waals surface area contributed by atoms with Crippen LogP contribution >= 0.6 is 8.58 Å². The molecule has 26 heavy (non-hydrogen) atoms. The molecule has 2 heteroatoms. The van der Waals surface area contributed by atoms with Gasteiger partial charge in [0.25, 0.3) is 0 Å². The van der Waals surface area contributed by atoms with E-state index in [4.69, 9.17) is 0 Å². The van der Waals surface area contributed by atoms with Crippen LogP contribution in [0, 0.1) is 0 Å². The average molecular weight is 419 g/mol. The van der Waals surface area contributed by atoms with Crippen molar-refractivity contribution in [2.24, 2.45) is 0 Å². The minimum absolute atomic E-state index is 0.642. The molecule has 0 radical (unpaired) electrons. The van der Waals surface area contributed by atoms with Crippen LogP contribution in [0.25, 0.3) is 0 Å². The molecule has 151 valence electrons. The zero-order valence-electron chi connectivity index (χ0n) is 17.1. The van der Waals surface area contributed by atoms with E-state index in [0.717, 1.165) is 0 Å². The molecular weight excluding hydrogens is 378 g/mol. The Balaban J connectivity index is 0.000000269. The molecule has 0 spiro atoms. The fraction of sp³-hybridized carbons (Fsp3) is 0.667. The Kier molecular flexibility index (Phi) is 16.8. The SMILES string of the molecule is C1=C[CH]([Co][CH]2C=CC=C2)C=C1.CCCCCCCPCCCCCCC. The van der Waals surface area contributed by atoms with Gasteiger partial charge in [-0.3, -0.25) is 0 Å². The maximum atomic E-state index is 2.29. The molecule has 0 bridgehead atoms. The van der Waals surface area contributed by atoms with Gasteiger partial charge in [-0.1, -0.05) is 65.2 Å². The monoisotopic (exact) mass is 419 g/mol. The van der Waals surface area contributed by atoms with Crippen molar-refractivity contribution in [3.8, 4) is 0 Å². The topological polar surface area (TPSA) is 0 Å². The molecule has 2 aliphatic carbocycles. The predicted molar refractivity (Wildman–Crippen MR) is 120 cm³/mol. The fourth-order valence-electron chi connectivity index (χ4n) is 2.92. The Bertz CT molecular complexity index is 360. The number of hydrogen-bond acceptors (Lipinski definition) is 0. The Morgan fingerprint density at radius 3 is 1.35 bits per heavy atom. The van der Waals surface area contributed by atoms with E-state index in [1.54, 1.807) is 0 Å². The summed E-state index contributed by atoms with van der Waals surface area (Å²) in [6.45, 7) is 4.58. The quantitative estimate of drug-likeness (QED) is 0.196. The second kappa shape index (κ2) is 18.3. The summed E-state index contributed by atoms with van der Waals surface area (Å²) in [5.74, 6) is 0. The summed E-state index contributed by atoms with van der Waals surface area (Å²) in [7, 11) is 1.26. The summed E-state index contributed by atoms with van der Waals surface area (Å²) in [4.78, 5) is 1.28. The van der Waals surface area contributed by atoms with Crippen molar-refractivity contribution in [1.82, 2.24) is 0 Å². The summed E-state index contributed by atoms with van der Waals surface area (Å²) in [6, 6.07) is 0. The molecule has 0 aliphatic heterocycles. The third-order valence-electron chi connectivity index (χ3n) is 4.54. The molecular formula is C24H41CoP. The van der Waals surface area contributed by atoms with Crippen LogP contribution in [0.5, 0.6) is 0 Å². The molecule has 0 aromatic rings. The van der Waals surface area contributed by atoms with Gasteiger partial charge in [-0.05, 0) is 25.2 Å². The van der Waals surface area contributed by atoms with Gasteiger partial charge in [0.2, 0.25) is 0 Å². The molecule has 0 fully saturated rings. The molecule has 0 saturated heterocycles. The smallest absolute Gasteiger partial charge is 0.0353 e. The van der Waals surface area contributed by atoms with E-state index >= 15 is 0 Å². The molecule has 0 unspecified atom stereocenters. The van der Waals surface area contributed by atoms with E-state index in [1.165, 1.54) is 99.8 Å². The molecule has 0 aromatic carbocycles. The Morgan fingerprint density at radius 1 is 0.577 bits per heavy atom. The van der Waals surface area contributed by atoms with Crippen molar-refractivity contribution in [1.29, 1.82) is 0 Å². The average Bonchev–Trinajstić information content (AvgIpc) is 3.35. The third kappa shape index (κ3) is 14.0. The van der Waals surface area contributed by atoms with Gasteiger partial charge in [0.05, 0.1) is 0 Å². The summed E-state index contributed by atoms with van der Waals surface area (Å²) in [6.07, 6.45) is 35.1. The van der Waals surface area contributed by atoms with Crippen molar-refractivity contribution in [2.75, 3.05) is 12.3 Å². The largest absolute Gasteiger partial charge is 0.122 e. The minimum Gasteiger partial charge on any atom is -0.122 e. The van der Waals surface area contributed by atoms with E-state index in [2.05, 4.69) is 62.5 Å². The van der Waals surface area contributed by atoms with Crippen molar-refractivity contribution in [2.45, 2.75) is 87.8 Å². The first kappa shape index (κ1) is 23.9. The Hall–Kier alpha value is -0.104. The first-order valence-corrected chi connectivity index (χ1v) is 13.5. The van der Waals surface area contributed by atoms with Gasteiger partial charge in [0.15, 0.2) is 0 Å². The van der Waals surface area contributed by atoms with Crippen molar-refractivity contribution in [3.63, 3.8) is 0 Å². The molecule has 0 N–H and O–H groups in total. The minimum atomic E-state index is 0.642. The van der Waals surface area contributed by atoms with Crippen LogP contribution in [-0.2, 0) is 14.7 Å². The molecule has 0 nitrogen and oxygen atoms in total. The standard InChI is InChI=1S/C14H31P.2C5H5.Co/c1-3-5-7-9-11-13-15-14-12-10-8-6-4-2;2*1-2-4-5-3-1;/h15H,3-14H2,1-2H3;2*1-5H;. The first-order chi connectivity index (χ1) is 12.9. The van der Waals surface area contributed by atoms with Gasteiger partial charge in [0, 0.05) is 0 Å². The third-order valence-corrected chi connectivity index (χ3v) is 7.56. The van der Waals surface area contributed by atoms with Crippen molar-refractivity contribution in [3.05, 3.63) is 48.6 Å². The number of allylic oxidation sites excluding steroid dienone is 8. The number of unbranched alkanes of at least 4 members (excludes halogenated alkanes) is 8. The normalized spacial score (nSPS) is 15.9. The maximum absolute atomic E-state index is 2.29. The van der Waals surface area contributed by atoms with Crippen LogP contribution in [0.2, 0.25) is 9.70 Å². The van der Waals surface area contributed by atoms with Gasteiger partial charge in [-0.2, -0.15) is 0 Å². The zero-order chi connectivity index (χ0) is 18.7. The van der Waals surface area contributed by atoms with Gasteiger partial charge < -0.3 is 0 Å². The summed E-state index contributed by atoms with van der Waals surface area (Å²) in [5, 5.41) is 0. The van der Waals surface area contributed by atoms with Gasteiger partial charge in [-0.15, -0.1) is 8.58 Å². The molecule has 0 aromatic heterocycles. The molecule has 0 heterocycles. The van der Waals surface area contributed by atoms with Crippen LogP contribution in [-0.4, -0.2) is 12.3 Å². The van der Waals surface area contributed by atoms with E-state index in [0.29, 0.717) is 9.70 Å². The second-order valence-corrected chi connectivity index (χ2v) is 10.3. The van der Waals surface area contributed by atoms with E-state index < -0.39 is 0 Å². The Morgan fingerprint density at radius 2 is 0.962 bits per heavy atom. The number of hydrogen-bond donors (Lipinski definition) is 0. The van der Waals surface area contributed by atoms with Crippen LogP contribution in [0.3, 0.4) is 0 Å². The Labute approximate surface area is 171 Å². The molecule has 2 rings (SSSR count). The summed E-state index contributed by atoms with van der Waals surface area (Å²) in [5.41, 5.74) is 0.